The number of hydrogen-bond donors (Lipinski definition) is 0. The standard InChI is InChI=1S/C15H20O2/c1-11-9-15(11,17-10-16)13-7-5-12(6-8-13)14(2,3)4/h5-8,10-11H,9H2,1-4H3. The van der Waals surface area contributed by atoms with Gasteiger partial charge in [0.05, 0.1) is 0 Å². The van der Waals surface area contributed by atoms with Crippen LogP contribution in [0.15, 0.2) is 24.3 Å². The van der Waals surface area contributed by atoms with E-state index in [0.29, 0.717) is 12.4 Å². The first-order valence-electron chi connectivity index (χ1n) is 6.12. The fourth-order valence-electron chi connectivity index (χ4n) is 2.37. The summed E-state index contributed by atoms with van der Waals surface area (Å²) in [6.45, 7) is 9.26. The smallest absolute Gasteiger partial charge is 0.293 e. The minimum absolute atomic E-state index is 0.159. The molecule has 2 nitrogen and oxygen atoms in total. The van der Waals surface area contributed by atoms with Gasteiger partial charge in [-0.25, -0.2) is 0 Å². The highest BCUT2D eigenvalue weighted by molar-refractivity contribution is 5.44. The normalized spacial score (nSPS) is 27.6. The molecule has 0 heterocycles. The Kier molecular flexibility index (Phi) is 2.76. The van der Waals surface area contributed by atoms with Crippen LogP contribution in [0, 0.1) is 5.92 Å². The van der Waals surface area contributed by atoms with Gasteiger partial charge in [-0.3, -0.25) is 4.79 Å². The first-order chi connectivity index (χ1) is 7.90. The molecule has 0 aromatic heterocycles. The summed E-state index contributed by atoms with van der Waals surface area (Å²) >= 11 is 0. The molecule has 17 heavy (non-hydrogen) atoms. The quantitative estimate of drug-likeness (QED) is 0.747. The lowest BCUT2D eigenvalue weighted by molar-refractivity contribution is -0.136. The molecule has 2 atom stereocenters. The predicted molar refractivity (Wildman–Crippen MR) is 67.8 cm³/mol. The molecule has 1 aliphatic carbocycles. The second-order valence-electron chi connectivity index (χ2n) is 6.04. The van der Waals surface area contributed by atoms with Crippen LogP contribution in [0.4, 0.5) is 0 Å². The summed E-state index contributed by atoms with van der Waals surface area (Å²) in [7, 11) is 0. The summed E-state index contributed by atoms with van der Waals surface area (Å²) < 4.78 is 5.28. The minimum atomic E-state index is -0.349. The second kappa shape index (κ2) is 3.86. The molecule has 0 saturated heterocycles. The van der Waals surface area contributed by atoms with Crippen molar-refractivity contribution in [1.82, 2.24) is 0 Å². The molecule has 0 bridgehead atoms. The number of carbonyl (C=O) groups is 1. The Balaban J connectivity index is 2.27. The lowest BCUT2D eigenvalue weighted by Crippen LogP contribution is -2.15. The third-order valence-electron chi connectivity index (χ3n) is 3.74. The summed E-state index contributed by atoms with van der Waals surface area (Å²) in [5, 5.41) is 0. The van der Waals surface area contributed by atoms with Crippen molar-refractivity contribution >= 4 is 6.47 Å². The van der Waals surface area contributed by atoms with Crippen LogP contribution in [-0.4, -0.2) is 6.47 Å². The largest absolute Gasteiger partial charge is 0.456 e. The van der Waals surface area contributed by atoms with Crippen molar-refractivity contribution in [3.05, 3.63) is 35.4 Å². The molecule has 0 N–H and O–H groups in total. The van der Waals surface area contributed by atoms with E-state index < -0.39 is 0 Å². The lowest BCUT2D eigenvalue weighted by Gasteiger charge is -2.21. The van der Waals surface area contributed by atoms with Gasteiger partial charge < -0.3 is 4.74 Å². The Morgan fingerprint density at radius 2 is 1.82 bits per heavy atom. The van der Waals surface area contributed by atoms with E-state index >= 15 is 0 Å². The van der Waals surface area contributed by atoms with E-state index in [1.165, 1.54) is 5.56 Å². The molecule has 0 aliphatic heterocycles. The van der Waals surface area contributed by atoms with Gasteiger partial charge in [-0.15, -0.1) is 0 Å². The Labute approximate surface area is 103 Å². The monoisotopic (exact) mass is 232 g/mol. The van der Waals surface area contributed by atoms with Crippen LogP contribution in [0.3, 0.4) is 0 Å². The van der Waals surface area contributed by atoms with Crippen LogP contribution in [0.2, 0.25) is 0 Å². The summed E-state index contributed by atoms with van der Waals surface area (Å²) in [6, 6.07) is 8.45. The number of benzene rings is 1. The highest BCUT2D eigenvalue weighted by Gasteiger charge is 2.55. The Bertz CT molecular complexity index is 414. The van der Waals surface area contributed by atoms with E-state index in [0.717, 1.165) is 12.0 Å². The highest BCUT2D eigenvalue weighted by Crippen LogP contribution is 2.54. The number of carbonyl (C=O) groups excluding carboxylic acids is 1. The van der Waals surface area contributed by atoms with Crippen molar-refractivity contribution in [3.8, 4) is 0 Å². The van der Waals surface area contributed by atoms with E-state index in [-0.39, 0.29) is 11.0 Å². The Morgan fingerprint density at radius 1 is 1.29 bits per heavy atom. The molecule has 1 fully saturated rings. The molecule has 0 amide bonds. The second-order valence-corrected chi connectivity index (χ2v) is 6.04. The predicted octanol–water partition coefficient (Wildman–Crippen LogP) is 3.39. The number of ether oxygens (including phenoxy) is 1. The molecular weight excluding hydrogens is 212 g/mol. The molecule has 1 aromatic carbocycles. The van der Waals surface area contributed by atoms with Crippen molar-refractivity contribution in [2.75, 3.05) is 0 Å². The molecule has 2 heteroatoms. The maximum Gasteiger partial charge on any atom is 0.293 e. The summed E-state index contributed by atoms with van der Waals surface area (Å²) in [4.78, 5) is 10.6. The van der Waals surface area contributed by atoms with Gasteiger partial charge in [-0.1, -0.05) is 52.0 Å². The van der Waals surface area contributed by atoms with Gasteiger partial charge in [-0.05, 0) is 23.0 Å². The van der Waals surface area contributed by atoms with Crippen LogP contribution in [0.5, 0.6) is 0 Å². The lowest BCUT2D eigenvalue weighted by atomic mass is 9.86. The van der Waals surface area contributed by atoms with E-state index in [2.05, 4.69) is 52.0 Å². The molecule has 1 aliphatic rings. The third kappa shape index (κ3) is 2.08. The maximum absolute atomic E-state index is 10.6. The van der Waals surface area contributed by atoms with Crippen LogP contribution >= 0.6 is 0 Å². The summed E-state index contributed by atoms with van der Waals surface area (Å²) in [5.41, 5.74) is 2.23. The zero-order valence-corrected chi connectivity index (χ0v) is 11.0. The van der Waals surface area contributed by atoms with E-state index in [4.69, 9.17) is 4.74 Å². The molecule has 0 spiro atoms. The van der Waals surface area contributed by atoms with Gasteiger partial charge in [-0.2, -0.15) is 0 Å². The summed E-state index contributed by atoms with van der Waals surface area (Å²) in [5.74, 6) is 0.424. The first-order valence-corrected chi connectivity index (χ1v) is 6.12. The van der Waals surface area contributed by atoms with E-state index in [1.807, 2.05) is 0 Å². The molecule has 0 radical (unpaired) electrons. The topological polar surface area (TPSA) is 26.3 Å². The van der Waals surface area contributed by atoms with Crippen molar-refractivity contribution in [1.29, 1.82) is 0 Å². The summed E-state index contributed by atoms with van der Waals surface area (Å²) in [6.07, 6.45) is 0.931. The third-order valence-corrected chi connectivity index (χ3v) is 3.74. The number of rotatable bonds is 3. The fraction of sp³-hybridized carbons (Fsp3) is 0.533. The van der Waals surface area contributed by atoms with Gasteiger partial charge >= 0.3 is 0 Å². The van der Waals surface area contributed by atoms with Crippen molar-refractivity contribution in [2.45, 2.75) is 45.1 Å². The van der Waals surface area contributed by atoms with Crippen LogP contribution < -0.4 is 0 Å². The molecule has 1 aromatic rings. The van der Waals surface area contributed by atoms with Crippen molar-refractivity contribution < 1.29 is 9.53 Å². The molecule has 2 rings (SSSR count). The Hall–Kier alpha value is -1.31. The molecule has 1 saturated carbocycles. The van der Waals surface area contributed by atoms with E-state index in [9.17, 15) is 4.79 Å². The first kappa shape index (κ1) is 12.2. The average Bonchev–Trinajstić information content (AvgIpc) is 2.90. The minimum Gasteiger partial charge on any atom is -0.456 e. The number of hydrogen-bond acceptors (Lipinski definition) is 2. The van der Waals surface area contributed by atoms with Crippen LogP contribution in [0.25, 0.3) is 0 Å². The van der Waals surface area contributed by atoms with Crippen molar-refractivity contribution in [2.24, 2.45) is 5.92 Å². The zero-order valence-electron chi connectivity index (χ0n) is 11.0. The van der Waals surface area contributed by atoms with Gasteiger partial charge in [0.2, 0.25) is 0 Å². The zero-order chi connectivity index (χ0) is 12.7. The van der Waals surface area contributed by atoms with Gasteiger partial charge in [0, 0.05) is 5.92 Å². The average molecular weight is 232 g/mol. The molecular formula is C15H20O2. The van der Waals surface area contributed by atoms with Gasteiger partial charge in [0.1, 0.15) is 5.60 Å². The Morgan fingerprint density at radius 3 is 2.18 bits per heavy atom. The fourth-order valence-corrected chi connectivity index (χ4v) is 2.37. The SMILES string of the molecule is CC1CC1(OC=O)c1ccc(C(C)(C)C)cc1. The highest BCUT2D eigenvalue weighted by atomic mass is 16.5. The molecule has 2 unspecified atom stereocenters. The molecule has 92 valence electrons. The van der Waals surface area contributed by atoms with Gasteiger partial charge in [0.25, 0.3) is 6.47 Å². The van der Waals surface area contributed by atoms with Crippen LogP contribution in [-0.2, 0) is 20.5 Å². The van der Waals surface area contributed by atoms with Crippen molar-refractivity contribution in [3.63, 3.8) is 0 Å². The van der Waals surface area contributed by atoms with Gasteiger partial charge in [0.15, 0.2) is 0 Å². The van der Waals surface area contributed by atoms with Crippen LogP contribution in [0.1, 0.15) is 45.2 Å². The van der Waals surface area contributed by atoms with E-state index in [1.54, 1.807) is 0 Å². The maximum atomic E-state index is 10.6.